The highest BCUT2D eigenvalue weighted by Crippen LogP contribution is 2.54. The van der Waals surface area contributed by atoms with Gasteiger partial charge in [-0.2, -0.15) is 13.2 Å². The van der Waals surface area contributed by atoms with Gasteiger partial charge in [-0.15, -0.1) is 0 Å². The lowest BCUT2D eigenvalue weighted by Gasteiger charge is -2.36. The molecule has 7 heteroatoms. The van der Waals surface area contributed by atoms with E-state index >= 15 is 0 Å². The molecule has 0 aromatic heterocycles. The van der Waals surface area contributed by atoms with Gasteiger partial charge < -0.3 is 5.32 Å². The number of fused-ring (bicyclic) bond motifs is 1. The predicted octanol–water partition coefficient (Wildman–Crippen LogP) is 5.90. The number of alkyl halides is 3. The van der Waals surface area contributed by atoms with Crippen LogP contribution in [-0.4, -0.2) is 35.7 Å². The number of carbonyl (C=O) groups excluding carboxylic acids is 2. The molecular weight excluding hydrogens is 453 g/mol. The van der Waals surface area contributed by atoms with E-state index in [0.29, 0.717) is 23.8 Å². The highest BCUT2D eigenvalue weighted by Gasteiger charge is 2.59. The van der Waals surface area contributed by atoms with Crippen molar-refractivity contribution in [2.45, 2.75) is 56.7 Å². The first-order valence-corrected chi connectivity index (χ1v) is 12.6. The Hall–Kier alpha value is -2.67. The van der Waals surface area contributed by atoms with Crippen LogP contribution in [0.3, 0.4) is 0 Å². The molecule has 186 valence electrons. The standard InChI is InChI=1S/C28H31F3N2O2/c29-28(30,31)20-7-4-8-21(15-20)32-26(35)14-13-25(34)27-23-16-33(17-24(23)27)22-11-9-19(10-12-22)18-5-2-1-3-6-18/h1-8,15,19,22-24,27H,9-14,16-17H2,(H,32,35)/t19?,22?,23-,24+,27?. The number of Topliss-reactive ketones (excluding diaryl/α,β-unsaturated/α-hetero) is 1. The minimum Gasteiger partial charge on any atom is -0.326 e. The smallest absolute Gasteiger partial charge is 0.326 e. The Kier molecular flexibility index (Phi) is 6.71. The van der Waals surface area contributed by atoms with Gasteiger partial charge in [0.15, 0.2) is 0 Å². The minimum atomic E-state index is -4.46. The molecule has 0 bridgehead atoms. The summed E-state index contributed by atoms with van der Waals surface area (Å²) in [6, 6.07) is 15.9. The van der Waals surface area contributed by atoms with Crippen LogP contribution in [0.1, 0.15) is 55.6 Å². The Balaban J connectivity index is 1.03. The summed E-state index contributed by atoms with van der Waals surface area (Å²) in [6.07, 6.45) is 0.507. The van der Waals surface area contributed by atoms with Gasteiger partial charge in [0.1, 0.15) is 5.78 Å². The number of carbonyl (C=O) groups is 2. The third-order valence-corrected chi connectivity index (χ3v) is 8.15. The Labute approximate surface area is 203 Å². The second-order valence-corrected chi connectivity index (χ2v) is 10.3. The van der Waals surface area contributed by atoms with Gasteiger partial charge in [0.05, 0.1) is 5.56 Å². The van der Waals surface area contributed by atoms with Crippen molar-refractivity contribution in [3.05, 3.63) is 65.7 Å². The highest BCUT2D eigenvalue weighted by atomic mass is 19.4. The maximum Gasteiger partial charge on any atom is 0.416 e. The van der Waals surface area contributed by atoms with Crippen LogP contribution in [0.2, 0.25) is 0 Å². The zero-order chi connectivity index (χ0) is 24.6. The molecule has 1 saturated heterocycles. The molecule has 4 nitrogen and oxygen atoms in total. The zero-order valence-electron chi connectivity index (χ0n) is 19.6. The van der Waals surface area contributed by atoms with Crippen LogP contribution in [-0.2, 0) is 15.8 Å². The number of halogens is 3. The third-order valence-electron chi connectivity index (χ3n) is 8.15. The van der Waals surface area contributed by atoms with Crippen molar-refractivity contribution in [2.24, 2.45) is 17.8 Å². The molecule has 1 N–H and O–H groups in total. The molecule has 2 aliphatic carbocycles. The molecule has 2 aromatic rings. The predicted molar refractivity (Wildman–Crippen MR) is 128 cm³/mol. The van der Waals surface area contributed by atoms with Gasteiger partial charge in [-0.3, -0.25) is 14.5 Å². The van der Waals surface area contributed by atoms with Gasteiger partial charge >= 0.3 is 6.18 Å². The number of nitrogens with one attached hydrogen (secondary N) is 1. The lowest BCUT2D eigenvalue weighted by atomic mass is 9.81. The summed E-state index contributed by atoms with van der Waals surface area (Å²) in [5.74, 6) is 1.20. The molecule has 1 amide bonds. The van der Waals surface area contributed by atoms with Crippen molar-refractivity contribution >= 4 is 17.4 Å². The van der Waals surface area contributed by atoms with E-state index in [4.69, 9.17) is 0 Å². The molecular formula is C28H31F3N2O2. The van der Waals surface area contributed by atoms with Crippen LogP contribution >= 0.6 is 0 Å². The van der Waals surface area contributed by atoms with Crippen molar-refractivity contribution in [1.82, 2.24) is 4.90 Å². The normalized spacial score (nSPS) is 28.4. The van der Waals surface area contributed by atoms with Crippen LogP contribution in [0.15, 0.2) is 54.6 Å². The van der Waals surface area contributed by atoms with Crippen LogP contribution in [0.5, 0.6) is 0 Å². The van der Waals surface area contributed by atoms with Crippen molar-refractivity contribution in [3.63, 3.8) is 0 Å². The van der Waals surface area contributed by atoms with Crippen LogP contribution in [0.25, 0.3) is 0 Å². The molecule has 1 unspecified atom stereocenters. The lowest BCUT2D eigenvalue weighted by molar-refractivity contribution is -0.137. The summed E-state index contributed by atoms with van der Waals surface area (Å²) in [5, 5.41) is 2.49. The Morgan fingerprint density at radius 3 is 2.23 bits per heavy atom. The van der Waals surface area contributed by atoms with E-state index in [1.807, 2.05) is 0 Å². The first kappa shape index (κ1) is 24.0. The van der Waals surface area contributed by atoms with Crippen molar-refractivity contribution in [3.8, 4) is 0 Å². The number of benzene rings is 2. The summed E-state index contributed by atoms with van der Waals surface area (Å²) in [4.78, 5) is 27.5. The summed E-state index contributed by atoms with van der Waals surface area (Å²) in [6.45, 7) is 1.94. The van der Waals surface area contributed by atoms with Crippen LogP contribution < -0.4 is 5.32 Å². The second-order valence-electron chi connectivity index (χ2n) is 10.3. The fraction of sp³-hybridized carbons (Fsp3) is 0.500. The quantitative estimate of drug-likeness (QED) is 0.533. The van der Waals surface area contributed by atoms with Crippen LogP contribution in [0, 0.1) is 17.8 Å². The molecule has 5 rings (SSSR count). The largest absolute Gasteiger partial charge is 0.416 e. The Morgan fingerprint density at radius 2 is 1.57 bits per heavy atom. The average Bonchev–Trinajstić information content (AvgIpc) is 3.36. The molecule has 3 atom stereocenters. The van der Waals surface area contributed by atoms with E-state index in [2.05, 4.69) is 40.5 Å². The fourth-order valence-electron chi connectivity index (χ4n) is 6.23. The molecule has 35 heavy (non-hydrogen) atoms. The van der Waals surface area contributed by atoms with E-state index < -0.39 is 17.6 Å². The number of hydrogen-bond acceptors (Lipinski definition) is 3. The first-order valence-electron chi connectivity index (χ1n) is 12.6. The van der Waals surface area contributed by atoms with Gasteiger partial charge in [-0.1, -0.05) is 36.4 Å². The van der Waals surface area contributed by atoms with Gasteiger partial charge in [0.25, 0.3) is 0 Å². The monoisotopic (exact) mass is 484 g/mol. The maximum atomic E-state index is 12.8. The van der Waals surface area contributed by atoms with Crippen molar-refractivity contribution < 1.29 is 22.8 Å². The molecule has 2 aromatic carbocycles. The third kappa shape index (κ3) is 5.45. The first-order chi connectivity index (χ1) is 16.8. The number of rotatable bonds is 7. The number of likely N-dealkylation sites (tertiary alicyclic amines) is 1. The SMILES string of the molecule is O=C(CCC(=O)C1[C@H]2CN(C3CCC(c4ccccc4)CC3)C[C@@H]12)Nc1cccc(C(F)(F)F)c1. The van der Waals surface area contributed by atoms with Gasteiger partial charge in [0.2, 0.25) is 5.91 Å². The topological polar surface area (TPSA) is 49.4 Å². The van der Waals surface area contributed by atoms with Crippen molar-refractivity contribution in [2.75, 3.05) is 18.4 Å². The molecule has 3 fully saturated rings. The molecule has 0 spiro atoms. The minimum absolute atomic E-state index is 0.00175. The summed E-state index contributed by atoms with van der Waals surface area (Å²) in [5.41, 5.74) is 0.728. The summed E-state index contributed by atoms with van der Waals surface area (Å²) in [7, 11) is 0. The molecule has 3 aliphatic rings. The summed E-state index contributed by atoms with van der Waals surface area (Å²) >= 11 is 0. The van der Waals surface area contributed by atoms with E-state index in [-0.39, 0.29) is 30.2 Å². The van der Waals surface area contributed by atoms with Crippen molar-refractivity contribution in [1.29, 1.82) is 0 Å². The molecule has 1 aliphatic heterocycles. The van der Waals surface area contributed by atoms with E-state index in [1.165, 1.54) is 43.4 Å². The number of ketones is 1. The van der Waals surface area contributed by atoms with Crippen LogP contribution in [0.4, 0.5) is 18.9 Å². The number of nitrogens with zero attached hydrogens (tertiary/aromatic N) is 1. The van der Waals surface area contributed by atoms with E-state index in [0.717, 1.165) is 25.2 Å². The number of anilines is 1. The van der Waals surface area contributed by atoms with Gasteiger partial charge in [-0.05, 0) is 67.2 Å². The summed E-state index contributed by atoms with van der Waals surface area (Å²) < 4.78 is 38.5. The van der Waals surface area contributed by atoms with Gasteiger partial charge in [-0.25, -0.2) is 0 Å². The molecule has 1 heterocycles. The van der Waals surface area contributed by atoms with E-state index in [9.17, 15) is 22.8 Å². The molecule has 0 radical (unpaired) electrons. The fourth-order valence-corrected chi connectivity index (χ4v) is 6.23. The maximum absolute atomic E-state index is 12.8. The number of amides is 1. The average molecular weight is 485 g/mol. The Bertz CT molecular complexity index is 1050. The lowest BCUT2D eigenvalue weighted by Crippen LogP contribution is -2.38. The highest BCUT2D eigenvalue weighted by molar-refractivity contribution is 5.94. The second kappa shape index (κ2) is 9.76. The van der Waals surface area contributed by atoms with E-state index in [1.54, 1.807) is 0 Å². The Morgan fingerprint density at radius 1 is 0.886 bits per heavy atom. The number of piperidine rings is 1. The molecule has 2 saturated carbocycles. The zero-order valence-corrected chi connectivity index (χ0v) is 19.6. The van der Waals surface area contributed by atoms with Gasteiger partial charge in [0, 0.05) is 43.6 Å². The number of hydrogen-bond donors (Lipinski definition) is 1.